The summed E-state index contributed by atoms with van der Waals surface area (Å²) in [6.45, 7) is 1.96. The number of nitrogens with zero attached hydrogens (tertiary/aromatic N) is 1. The van der Waals surface area contributed by atoms with Gasteiger partial charge in [-0.1, -0.05) is 84.4 Å². The van der Waals surface area contributed by atoms with Crippen LogP contribution in [0.25, 0.3) is 54.1 Å². The van der Waals surface area contributed by atoms with Gasteiger partial charge in [0, 0.05) is 10.8 Å². The van der Waals surface area contributed by atoms with Gasteiger partial charge in [-0.3, -0.25) is 0 Å². The lowest BCUT2D eigenvalue weighted by Crippen LogP contribution is -2.12. The molecule has 1 aromatic heterocycles. The van der Waals surface area contributed by atoms with Crippen LogP contribution in [0.2, 0.25) is 0 Å². The first kappa shape index (κ1) is 20.2. The van der Waals surface area contributed by atoms with Gasteiger partial charge in [-0.2, -0.15) is 0 Å². The summed E-state index contributed by atoms with van der Waals surface area (Å²) in [5.41, 5.74) is 2.40. The molecule has 7 rings (SSSR count). The second-order valence-corrected chi connectivity index (χ2v) is 10.9. The van der Waals surface area contributed by atoms with Gasteiger partial charge in [-0.25, -0.2) is 12.4 Å². The molecule has 0 N–H and O–H groups in total. The Morgan fingerprint density at radius 1 is 0.486 bits per heavy atom. The van der Waals surface area contributed by atoms with E-state index in [1.807, 2.05) is 49.4 Å². The van der Waals surface area contributed by atoms with Crippen LogP contribution in [0.5, 0.6) is 0 Å². The highest BCUT2D eigenvalue weighted by Gasteiger charge is 2.24. The van der Waals surface area contributed by atoms with Gasteiger partial charge in [0.2, 0.25) is 0 Å². The molecule has 35 heavy (non-hydrogen) atoms. The summed E-state index contributed by atoms with van der Waals surface area (Å²) in [5, 5.41) is 8.69. The molecule has 0 radical (unpaired) electrons. The zero-order valence-corrected chi connectivity index (χ0v) is 19.9. The van der Waals surface area contributed by atoms with Gasteiger partial charge in [0.15, 0.2) is 0 Å². The van der Waals surface area contributed by atoms with Crippen LogP contribution in [0.4, 0.5) is 0 Å². The quantitative estimate of drug-likeness (QED) is 0.241. The molecule has 0 saturated carbocycles. The second-order valence-electron chi connectivity index (χ2n) is 9.11. The maximum atomic E-state index is 14.0. The SMILES string of the molecule is Cc1ccc(S(=O)(=O)n2c3ccccc3c3cc4c5ccccc5c5ccccc5c4cc32)cc1. The molecule has 4 heteroatoms. The number of fused-ring (bicyclic) bond motifs is 9. The van der Waals surface area contributed by atoms with Crippen molar-refractivity contribution in [2.45, 2.75) is 11.8 Å². The van der Waals surface area contributed by atoms with Gasteiger partial charge >= 0.3 is 0 Å². The van der Waals surface area contributed by atoms with Crippen molar-refractivity contribution < 1.29 is 8.42 Å². The van der Waals surface area contributed by atoms with Gasteiger partial charge < -0.3 is 0 Å². The third-order valence-corrected chi connectivity index (χ3v) is 8.79. The van der Waals surface area contributed by atoms with E-state index in [0.717, 1.165) is 32.5 Å². The summed E-state index contributed by atoms with van der Waals surface area (Å²) in [6.07, 6.45) is 0. The van der Waals surface area contributed by atoms with Crippen molar-refractivity contribution >= 4 is 64.1 Å². The summed E-state index contributed by atoms with van der Waals surface area (Å²) in [6, 6.07) is 35.9. The Labute approximate surface area is 202 Å². The first-order valence-electron chi connectivity index (χ1n) is 11.6. The van der Waals surface area contributed by atoms with Crippen molar-refractivity contribution in [3.8, 4) is 0 Å². The molecule has 0 unspecified atom stereocenters. The van der Waals surface area contributed by atoms with E-state index in [-0.39, 0.29) is 4.90 Å². The maximum absolute atomic E-state index is 14.0. The lowest BCUT2D eigenvalue weighted by atomic mass is 9.93. The number of benzene rings is 6. The van der Waals surface area contributed by atoms with Crippen molar-refractivity contribution in [3.05, 3.63) is 115 Å². The number of hydrogen-bond acceptors (Lipinski definition) is 2. The molecule has 0 aliphatic carbocycles. The molecule has 168 valence electrons. The summed E-state index contributed by atoms with van der Waals surface area (Å²) in [7, 11) is -3.81. The van der Waals surface area contributed by atoms with Gasteiger partial charge in [0.05, 0.1) is 15.9 Å². The van der Waals surface area contributed by atoms with Crippen molar-refractivity contribution in [3.63, 3.8) is 0 Å². The van der Waals surface area contributed by atoms with Crippen LogP contribution in [-0.2, 0) is 10.0 Å². The lowest BCUT2D eigenvalue weighted by Gasteiger charge is -2.13. The van der Waals surface area contributed by atoms with Crippen molar-refractivity contribution in [1.82, 2.24) is 3.97 Å². The standard InChI is InChI=1S/C31H21NO2S/c1-20-14-16-21(17-15-20)35(33,34)32-30-13-7-6-12-26(30)29-18-27-24-10-4-2-8-22(24)23-9-3-5-11-25(23)28(27)19-31(29)32/h2-19H,1H3. The number of para-hydroxylation sites is 1. The lowest BCUT2D eigenvalue weighted by molar-refractivity contribution is 0.590. The van der Waals surface area contributed by atoms with E-state index >= 15 is 0 Å². The molecule has 3 nitrogen and oxygen atoms in total. The van der Waals surface area contributed by atoms with E-state index in [0.29, 0.717) is 11.0 Å². The van der Waals surface area contributed by atoms with Gasteiger partial charge in [0.25, 0.3) is 10.0 Å². The first-order valence-corrected chi connectivity index (χ1v) is 13.1. The fraction of sp³-hybridized carbons (Fsp3) is 0.0323. The highest BCUT2D eigenvalue weighted by atomic mass is 32.2. The Bertz CT molecular complexity index is 2070. The van der Waals surface area contributed by atoms with E-state index in [4.69, 9.17) is 0 Å². The number of aromatic nitrogens is 1. The van der Waals surface area contributed by atoms with Gasteiger partial charge in [0.1, 0.15) is 0 Å². The minimum absolute atomic E-state index is 0.286. The average molecular weight is 472 g/mol. The van der Waals surface area contributed by atoms with Crippen LogP contribution in [0.1, 0.15) is 5.56 Å². The minimum Gasteiger partial charge on any atom is -0.233 e. The second kappa shape index (κ2) is 7.17. The highest BCUT2D eigenvalue weighted by Crippen LogP contribution is 2.40. The van der Waals surface area contributed by atoms with E-state index in [1.165, 1.54) is 20.1 Å². The van der Waals surface area contributed by atoms with E-state index in [1.54, 1.807) is 12.1 Å². The number of aryl methyl sites for hydroxylation is 1. The molecule has 0 atom stereocenters. The molecular weight excluding hydrogens is 450 g/mol. The Balaban J connectivity index is 1.71. The summed E-state index contributed by atoms with van der Waals surface area (Å²) in [5.74, 6) is 0. The Morgan fingerprint density at radius 2 is 0.971 bits per heavy atom. The predicted molar refractivity (Wildman–Crippen MR) is 146 cm³/mol. The van der Waals surface area contributed by atoms with Crippen molar-refractivity contribution in [1.29, 1.82) is 0 Å². The zero-order chi connectivity index (χ0) is 23.7. The molecule has 0 bridgehead atoms. The summed E-state index contributed by atoms with van der Waals surface area (Å²) >= 11 is 0. The van der Waals surface area contributed by atoms with Crippen LogP contribution in [0, 0.1) is 6.92 Å². The molecule has 1 heterocycles. The van der Waals surface area contributed by atoms with Crippen LogP contribution in [-0.4, -0.2) is 12.4 Å². The Morgan fingerprint density at radius 3 is 1.57 bits per heavy atom. The fourth-order valence-electron chi connectivity index (χ4n) is 5.41. The maximum Gasteiger partial charge on any atom is 0.268 e. The molecule has 7 aromatic rings. The van der Waals surface area contributed by atoms with Gasteiger partial charge in [-0.05, 0) is 69.6 Å². The topological polar surface area (TPSA) is 39.1 Å². The Kier molecular flexibility index (Phi) is 4.15. The molecule has 0 spiro atoms. The van der Waals surface area contributed by atoms with Crippen LogP contribution in [0.3, 0.4) is 0 Å². The van der Waals surface area contributed by atoms with E-state index in [2.05, 4.69) is 54.6 Å². The smallest absolute Gasteiger partial charge is 0.233 e. The highest BCUT2D eigenvalue weighted by molar-refractivity contribution is 7.90. The fourth-order valence-corrected chi connectivity index (χ4v) is 6.93. The molecule has 0 saturated heterocycles. The van der Waals surface area contributed by atoms with Crippen LogP contribution >= 0.6 is 0 Å². The average Bonchev–Trinajstić information content (AvgIpc) is 3.22. The summed E-state index contributed by atoms with van der Waals surface area (Å²) < 4.78 is 29.5. The van der Waals surface area contributed by atoms with Crippen LogP contribution < -0.4 is 0 Å². The van der Waals surface area contributed by atoms with Crippen molar-refractivity contribution in [2.24, 2.45) is 0 Å². The van der Waals surface area contributed by atoms with E-state index < -0.39 is 10.0 Å². The minimum atomic E-state index is -3.81. The monoisotopic (exact) mass is 471 g/mol. The largest absolute Gasteiger partial charge is 0.268 e. The number of hydrogen-bond donors (Lipinski definition) is 0. The molecule has 0 aliphatic heterocycles. The molecular formula is C31H21NO2S. The van der Waals surface area contributed by atoms with E-state index in [9.17, 15) is 8.42 Å². The number of rotatable bonds is 2. The zero-order valence-electron chi connectivity index (χ0n) is 19.1. The van der Waals surface area contributed by atoms with Gasteiger partial charge in [-0.15, -0.1) is 0 Å². The third-order valence-electron chi connectivity index (χ3n) is 7.05. The predicted octanol–water partition coefficient (Wildman–Crippen LogP) is 7.80. The molecule has 6 aromatic carbocycles. The third kappa shape index (κ3) is 2.81. The van der Waals surface area contributed by atoms with Crippen LogP contribution in [0.15, 0.2) is 114 Å². The van der Waals surface area contributed by atoms with Crippen molar-refractivity contribution in [2.75, 3.05) is 0 Å². The Hall–Kier alpha value is -4.15. The summed E-state index contributed by atoms with van der Waals surface area (Å²) in [4.78, 5) is 0.286. The molecule has 0 aliphatic rings. The molecule has 0 fully saturated rings. The normalized spacial score (nSPS) is 12.4. The molecule has 0 amide bonds. The first-order chi connectivity index (χ1) is 17.0.